The molecule has 1 unspecified atom stereocenters. The molecule has 2 aliphatic rings. The molecular formula is C19H30BNO3. The van der Waals surface area contributed by atoms with Crippen LogP contribution >= 0.6 is 0 Å². The first-order chi connectivity index (χ1) is 11.4. The zero-order valence-corrected chi connectivity index (χ0v) is 15.5. The van der Waals surface area contributed by atoms with Gasteiger partial charge in [-0.3, -0.25) is 4.90 Å². The summed E-state index contributed by atoms with van der Waals surface area (Å²) in [6, 6.07) is 11.1. The fourth-order valence-corrected chi connectivity index (χ4v) is 3.47. The molecule has 2 saturated heterocycles. The van der Waals surface area contributed by atoms with Gasteiger partial charge in [-0.05, 0) is 46.0 Å². The second kappa shape index (κ2) is 7.16. The zero-order valence-electron chi connectivity index (χ0n) is 15.5. The Bertz CT molecular complexity index is 513. The molecule has 0 N–H and O–H groups in total. The first kappa shape index (κ1) is 17.9. The van der Waals surface area contributed by atoms with Gasteiger partial charge in [0.2, 0.25) is 0 Å². The fourth-order valence-electron chi connectivity index (χ4n) is 3.47. The SMILES string of the molecule is CC1(C)OB(CC(Cc2ccccc2)N2CCOCC2)OC1(C)C. The Labute approximate surface area is 146 Å². The summed E-state index contributed by atoms with van der Waals surface area (Å²) in [5, 5.41) is 0. The van der Waals surface area contributed by atoms with Crippen LogP contribution in [0.2, 0.25) is 6.32 Å². The summed E-state index contributed by atoms with van der Waals surface area (Å²) in [6.45, 7) is 12.1. The molecule has 0 spiro atoms. The van der Waals surface area contributed by atoms with Gasteiger partial charge in [0, 0.05) is 19.1 Å². The van der Waals surface area contributed by atoms with E-state index in [1.807, 2.05) is 0 Å². The molecule has 4 nitrogen and oxygen atoms in total. The Kier molecular flexibility index (Phi) is 5.35. The van der Waals surface area contributed by atoms with Gasteiger partial charge in [0.25, 0.3) is 0 Å². The number of morpholine rings is 1. The highest BCUT2D eigenvalue weighted by molar-refractivity contribution is 6.45. The second-order valence-corrected chi connectivity index (χ2v) is 7.91. The number of rotatable bonds is 5. The van der Waals surface area contributed by atoms with E-state index >= 15 is 0 Å². The first-order valence-corrected chi connectivity index (χ1v) is 9.09. The molecule has 24 heavy (non-hydrogen) atoms. The molecule has 2 fully saturated rings. The van der Waals surface area contributed by atoms with E-state index in [4.69, 9.17) is 14.0 Å². The Morgan fingerprint density at radius 1 is 1.00 bits per heavy atom. The predicted octanol–water partition coefficient (Wildman–Crippen LogP) is 3.02. The van der Waals surface area contributed by atoms with Gasteiger partial charge in [-0.25, -0.2) is 0 Å². The second-order valence-electron chi connectivity index (χ2n) is 7.91. The average Bonchev–Trinajstić information content (AvgIpc) is 2.75. The summed E-state index contributed by atoms with van der Waals surface area (Å²) in [5.41, 5.74) is 0.838. The molecule has 0 bridgehead atoms. The molecule has 1 atom stereocenters. The lowest BCUT2D eigenvalue weighted by molar-refractivity contribution is 0.00578. The van der Waals surface area contributed by atoms with Gasteiger partial charge in [-0.15, -0.1) is 0 Å². The van der Waals surface area contributed by atoms with Crippen LogP contribution in [-0.2, 0) is 20.5 Å². The maximum atomic E-state index is 6.24. The third kappa shape index (κ3) is 4.02. The molecule has 2 aliphatic heterocycles. The minimum absolute atomic E-state index is 0.147. The maximum Gasteiger partial charge on any atom is 0.459 e. The lowest BCUT2D eigenvalue weighted by Crippen LogP contribution is -2.46. The summed E-state index contributed by atoms with van der Waals surface area (Å²) in [4.78, 5) is 2.53. The Balaban J connectivity index is 1.70. The van der Waals surface area contributed by atoms with Crippen LogP contribution < -0.4 is 0 Å². The molecule has 5 heteroatoms. The van der Waals surface area contributed by atoms with E-state index in [0.29, 0.717) is 6.04 Å². The van der Waals surface area contributed by atoms with Gasteiger partial charge in [0.15, 0.2) is 0 Å². The summed E-state index contributed by atoms with van der Waals surface area (Å²) < 4.78 is 18.0. The number of nitrogens with zero attached hydrogens (tertiary/aromatic N) is 1. The number of benzene rings is 1. The van der Waals surface area contributed by atoms with Gasteiger partial charge in [-0.2, -0.15) is 0 Å². The number of hydrogen-bond acceptors (Lipinski definition) is 4. The first-order valence-electron chi connectivity index (χ1n) is 9.09. The molecule has 0 aromatic heterocycles. The van der Waals surface area contributed by atoms with Gasteiger partial charge < -0.3 is 14.0 Å². The maximum absolute atomic E-state index is 6.24. The smallest absolute Gasteiger partial charge is 0.403 e. The molecule has 0 radical (unpaired) electrons. The van der Waals surface area contributed by atoms with Crippen molar-refractivity contribution >= 4 is 7.12 Å². The molecule has 0 saturated carbocycles. The van der Waals surface area contributed by atoms with Crippen LogP contribution in [0.5, 0.6) is 0 Å². The van der Waals surface area contributed by atoms with Crippen molar-refractivity contribution in [2.45, 2.75) is 57.7 Å². The summed E-state index contributed by atoms with van der Waals surface area (Å²) in [7, 11) is -0.147. The minimum Gasteiger partial charge on any atom is -0.403 e. The van der Waals surface area contributed by atoms with E-state index in [-0.39, 0.29) is 18.3 Å². The van der Waals surface area contributed by atoms with Crippen LogP contribution in [0.15, 0.2) is 30.3 Å². The highest BCUT2D eigenvalue weighted by atomic mass is 16.7. The summed E-state index contributed by atoms with van der Waals surface area (Å²) >= 11 is 0. The topological polar surface area (TPSA) is 30.9 Å². The monoisotopic (exact) mass is 331 g/mol. The quantitative estimate of drug-likeness (QED) is 0.776. The van der Waals surface area contributed by atoms with Crippen molar-refractivity contribution in [2.24, 2.45) is 0 Å². The van der Waals surface area contributed by atoms with Crippen molar-refractivity contribution in [3.8, 4) is 0 Å². The van der Waals surface area contributed by atoms with E-state index in [1.54, 1.807) is 0 Å². The zero-order chi connectivity index (χ0) is 17.2. The Hall–Kier alpha value is -0.875. The van der Waals surface area contributed by atoms with Crippen LogP contribution in [0.25, 0.3) is 0 Å². The minimum atomic E-state index is -0.264. The highest BCUT2D eigenvalue weighted by Gasteiger charge is 2.51. The average molecular weight is 331 g/mol. The predicted molar refractivity (Wildman–Crippen MR) is 97.2 cm³/mol. The Morgan fingerprint density at radius 2 is 1.58 bits per heavy atom. The van der Waals surface area contributed by atoms with Crippen molar-refractivity contribution in [2.75, 3.05) is 26.3 Å². The van der Waals surface area contributed by atoms with Crippen LogP contribution in [-0.4, -0.2) is 55.6 Å². The lowest BCUT2D eigenvalue weighted by Gasteiger charge is -2.35. The van der Waals surface area contributed by atoms with Gasteiger partial charge in [0.05, 0.1) is 24.4 Å². The van der Waals surface area contributed by atoms with E-state index in [0.717, 1.165) is 39.0 Å². The van der Waals surface area contributed by atoms with Crippen LogP contribution in [0.3, 0.4) is 0 Å². The third-order valence-corrected chi connectivity index (χ3v) is 5.64. The molecule has 1 aromatic carbocycles. The molecule has 0 aliphatic carbocycles. The molecular weight excluding hydrogens is 301 g/mol. The van der Waals surface area contributed by atoms with Crippen LogP contribution in [0.4, 0.5) is 0 Å². The lowest BCUT2D eigenvalue weighted by atomic mass is 9.78. The fraction of sp³-hybridized carbons (Fsp3) is 0.684. The van der Waals surface area contributed by atoms with Crippen LogP contribution in [0.1, 0.15) is 33.3 Å². The molecule has 3 rings (SSSR count). The summed E-state index contributed by atoms with van der Waals surface area (Å²) in [6.07, 6.45) is 1.91. The van der Waals surface area contributed by atoms with E-state index < -0.39 is 0 Å². The number of hydrogen-bond donors (Lipinski definition) is 0. The largest absolute Gasteiger partial charge is 0.459 e. The van der Waals surface area contributed by atoms with Crippen molar-refractivity contribution < 1.29 is 14.0 Å². The third-order valence-electron chi connectivity index (χ3n) is 5.64. The van der Waals surface area contributed by atoms with Gasteiger partial charge in [-0.1, -0.05) is 30.3 Å². The standard InChI is InChI=1S/C19H30BNO3/c1-18(2)19(3,4)24-20(23-18)15-17(21-10-12-22-13-11-21)14-16-8-6-5-7-9-16/h5-9,17H,10-15H2,1-4H3. The van der Waals surface area contributed by atoms with Crippen molar-refractivity contribution in [3.05, 3.63) is 35.9 Å². The normalized spacial score (nSPS) is 24.9. The van der Waals surface area contributed by atoms with Gasteiger partial charge >= 0.3 is 7.12 Å². The van der Waals surface area contributed by atoms with E-state index in [9.17, 15) is 0 Å². The molecule has 2 heterocycles. The molecule has 132 valence electrons. The summed E-state index contributed by atoms with van der Waals surface area (Å²) in [5.74, 6) is 0. The van der Waals surface area contributed by atoms with E-state index in [1.165, 1.54) is 5.56 Å². The number of ether oxygens (including phenoxy) is 1. The molecule has 1 aromatic rings. The van der Waals surface area contributed by atoms with Crippen LogP contribution in [0, 0.1) is 0 Å². The van der Waals surface area contributed by atoms with Gasteiger partial charge in [0.1, 0.15) is 0 Å². The highest BCUT2D eigenvalue weighted by Crippen LogP contribution is 2.38. The Morgan fingerprint density at radius 3 is 2.17 bits per heavy atom. The van der Waals surface area contributed by atoms with Crippen molar-refractivity contribution in [3.63, 3.8) is 0 Å². The van der Waals surface area contributed by atoms with Crippen molar-refractivity contribution in [1.29, 1.82) is 0 Å². The van der Waals surface area contributed by atoms with E-state index in [2.05, 4.69) is 62.9 Å². The molecule has 0 amide bonds. The van der Waals surface area contributed by atoms with Crippen molar-refractivity contribution in [1.82, 2.24) is 4.90 Å².